The second-order valence-electron chi connectivity index (χ2n) is 6.24. The summed E-state index contributed by atoms with van der Waals surface area (Å²) in [4.78, 5) is 21.2. The number of aromatic nitrogens is 3. The van der Waals surface area contributed by atoms with Gasteiger partial charge in [-0.3, -0.25) is 4.79 Å². The van der Waals surface area contributed by atoms with Crippen molar-refractivity contribution in [3.8, 4) is 17.2 Å². The van der Waals surface area contributed by atoms with Gasteiger partial charge in [-0.05, 0) is 27.6 Å². The van der Waals surface area contributed by atoms with Gasteiger partial charge in [0.25, 0.3) is 5.91 Å². The molecule has 10 heteroatoms. The first-order valence-electron chi connectivity index (χ1n) is 8.92. The van der Waals surface area contributed by atoms with Crippen LogP contribution in [0.3, 0.4) is 0 Å². The molecule has 158 valence electrons. The number of carbonyl (C=O) groups excluding carboxylic acids is 1. The first kappa shape index (κ1) is 21.4. The van der Waals surface area contributed by atoms with E-state index in [4.69, 9.17) is 19.9 Å². The first-order valence-corrected chi connectivity index (χ1v) is 9.71. The molecule has 1 aromatic carbocycles. The van der Waals surface area contributed by atoms with Crippen LogP contribution in [0, 0.1) is 0 Å². The SMILES string of the molecule is C=CCNC(=O)c1c2ncnc(N)c2cn1Cc1cc(OC)c(OC)c(OC)c1Br. The molecule has 0 fully saturated rings. The smallest absolute Gasteiger partial charge is 0.270 e. The minimum atomic E-state index is -0.299. The van der Waals surface area contributed by atoms with Crippen LogP contribution in [0.2, 0.25) is 0 Å². The van der Waals surface area contributed by atoms with Crippen LogP contribution in [0.4, 0.5) is 5.82 Å². The Labute approximate surface area is 182 Å². The zero-order valence-electron chi connectivity index (χ0n) is 16.9. The lowest BCUT2D eigenvalue weighted by Crippen LogP contribution is -2.26. The summed E-state index contributed by atoms with van der Waals surface area (Å²) in [5, 5.41) is 3.38. The summed E-state index contributed by atoms with van der Waals surface area (Å²) in [5.74, 6) is 1.45. The van der Waals surface area contributed by atoms with Gasteiger partial charge < -0.3 is 29.8 Å². The van der Waals surface area contributed by atoms with E-state index in [0.29, 0.717) is 57.2 Å². The fraction of sp³-hybridized carbons (Fsp3) is 0.250. The summed E-state index contributed by atoms with van der Waals surface area (Å²) >= 11 is 3.58. The molecule has 2 heterocycles. The van der Waals surface area contributed by atoms with Gasteiger partial charge in [0.15, 0.2) is 11.5 Å². The number of nitrogens with zero attached hydrogens (tertiary/aromatic N) is 3. The van der Waals surface area contributed by atoms with E-state index < -0.39 is 0 Å². The van der Waals surface area contributed by atoms with Crippen LogP contribution < -0.4 is 25.3 Å². The average Bonchev–Trinajstić information content (AvgIpc) is 3.12. The van der Waals surface area contributed by atoms with E-state index in [-0.39, 0.29) is 5.91 Å². The van der Waals surface area contributed by atoms with Crippen molar-refractivity contribution in [1.82, 2.24) is 19.9 Å². The maximum Gasteiger partial charge on any atom is 0.270 e. The summed E-state index contributed by atoms with van der Waals surface area (Å²) in [6.45, 7) is 4.26. The van der Waals surface area contributed by atoms with Crippen molar-refractivity contribution in [3.63, 3.8) is 0 Å². The fourth-order valence-corrected chi connectivity index (χ4v) is 3.74. The number of hydrogen-bond acceptors (Lipinski definition) is 7. The van der Waals surface area contributed by atoms with Crippen molar-refractivity contribution in [2.24, 2.45) is 0 Å². The molecule has 2 aromatic heterocycles. The zero-order chi connectivity index (χ0) is 21.8. The van der Waals surface area contributed by atoms with E-state index in [0.717, 1.165) is 5.56 Å². The number of nitrogens with two attached hydrogens (primary N) is 1. The van der Waals surface area contributed by atoms with Crippen LogP contribution in [0.25, 0.3) is 10.9 Å². The van der Waals surface area contributed by atoms with E-state index in [1.54, 1.807) is 31.1 Å². The van der Waals surface area contributed by atoms with Gasteiger partial charge in [-0.25, -0.2) is 9.97 Å². The average molecular weight is 476 g/mol. The van der Waals surface area contributed by atoms with Crippen LogP contribution in [-0.2, 0) is 6.54 Å². The number of anilines is 1. The van der Waals surface area contributed by atoms with E-state index in [9.17, 15) is 4.79 Å². The molecule has 0 atom stereocenters. The van der Waals surface area contributed by atoms with E-state index in [2.05, 4.69) is 37.8 Å². The highest BCUT2D eigenvalue weighted by Gasteiger charge is 2.23. The van der Waals surface area contributed by atoms with Crippen molar-refractivity contribution in [3.05, 3.63) is 47.0 Å². The molecule has 1 amide bonds. The molecule has 0 aliphatic carbocycles. The second kappa shape index (κ2) is 9.04. The lowest BCUT2D eigenvalue weighted by molar-refractivity contribution is 0.0951. The molecule has 0 bridgehead atoms. The predicted molar refractivity (Wildman–Crippen MR) is 117 cm³/mol. The van der Waals surface area contributed by atoms with Crippen molar-refractivity contribution in [1.29, 1.82) is 0 Å². The van der Waals surface area contributed by atoms with Gasteiger partial charge in [0.1, 0.15) is 23.4 Å². The number of amides is 1. The third-order valence-electron chi connectivity index (χ3n) is 4.52. The standard InChI is InChI=1S/C20H22BrN5O4/c1-5-6-23-20(27)16-15-12(19(22)25-10-24-15)9-26(16)8-11-7-13(28-2)17(29-3)18(30-4)14(11)21/h5,7,9-10H,1,6,8H2,2-4H3,(H,23,27)(H2,22,24,25). The molecule has 0 saturated heterocycles. The number of rotatable bonds is 8. The molecule has 0 aliphatic heterocycles. The summed E-state index contributed by atoms with van der Waals surface area (Å²) in [6, 6.07) is 1.82. The third kappa shape index (κ3) is 3.78. The molecule has 9 nitrogen and oxygen atoms in total. The molecular weight excluding hydrogens is 454 g/mol. The predicted octanol–water partition coefficient (Wildman–Crippen LogP) is 2.77. The van der Waals surface area contributed by atoms with Gasteiger partial charge in [-0.1, -0.05) is 6.08 Å². The number of nitrogen functional groups attached to an aromatic ring is 1. The van der Waals surface area contributed by atoms with Crippen LogP contribution in [0.5, 0.6) is 17.2 Å². The Balaban J connectivity index is 2.17. The van der Waals surface area contributed by atoms with Gasteiger partial charge in [-0.2, -0.15) is 0 Å². The lowest BCUT2D eigenvalue weighted by Gasteiger charge is -2.18. The van der Waals surface area contributed by atoms with Crippen molar-refractivity contribution >= 4 is 38.6 Å². The number of hydrogen-bond donors (Lipinski definition) is 2. The number of carbonyl (C=O) groups is 1. The first-order chi connectivity index (χ1) is 14.5. The van der Waals surface area contributed by atoms with Gasteiger partial charge in [0, 0.05) is 19.3 Å². The maximum absolute atomic E-state index is 12.9. The highest BCUT2D eigenvalue weighted by atomic mass is 79.9. The van der Waals surface area contributed by atoms with E-state index >= 15 is 0 Å². The third-order valence-corrected chi connectivity index (χ3v) is 5.39. The molecule has 0 radical (unpaired) electrons. The normalized spacial score (nSPS) is 10.7. The Morgan fingerprint density at radius 2 is 2.00 bits per heavy atom. The Morgan fingerprint density at radius 1 is 1.27 bits per heavy atom. The molecule has 3 rings (SSSR count). The number of methoxy groups -OCH3 is 3. The monoisotopic (exact) mass is 475 g/mol. The van der Waals surface area contributed by atoms with Crippen LogP contribution in [0.15, 0.2) is 35.7 Å². The molecular formula is C20H22BrN5O4. The lowest BCUT2D eigenvalue weighted by atomic mass is 10.1. The topological polar surface area (TPSA) is 114 Å². The number of ether oxygens (including phenoxy) is 3. The van der Waals surface area contributed by atoms with Gasteiger partial charge >= 0.3 is 0 Å². The number of benzene rings is 1. The minimum absolute atomic E-state index is 0.292. The van der Waals surface area contributed by atoms with Crippen LogP contribution >= 0.6 is 15.9 Å². The Bertz CT molecular complexity index is 1110. The largest absolute Gasteiger partial charge is 0.493 e. The Kier molecular flexibility index (Phi) is 6.46. The minimum Gasteiger partial charge on any atom is -0.493 e. The molecule has 0 spiro atoms. The number of fused-ring (bicyclic) bond motifs is 1. The van der Waals surface area contributed by atoms with E-state index in [1.165, 1.54) is 13.4 Å². The number of nitrogens with one attached hydrogen (secondary N) is 1. The highest BCUT2D eigenvalue weighted by molar-refractivity contribution is 9.10. The molecule has 0 aliphatic rings. The van der Waals surface area contributed by atoms with Crippen molar-refractivity contribution in [2.75, 3.05) is 33.6 Å². The molecule has 30 heavy (non-hydrogen) atoms. The van der Waals surface area contributed by atoms with Gasteiger partial charge in [0.05, 0.1) is 31.2 Å². The molecule has 3 N–H and O–H groups in total. The summed E-state index contributed by atoms with van der Waals surface area (Å²) in [6.07, 6.45) is 4.69. The Hall–Kier alpha value is -3.27. The summed E-state index contributed by atoms with van der Waals surface area (Å²) in [7, 11) is 4.62. The van der Waals surface area contributed by atoms with Crippen LogP contribution in [-0.4, -0.2) is 48.3 Å². The summed E-state index contributed by atoms with van der Waals surface area (Å²) in [5.41, 5.74) is 7.64. The molecule has 0 unspecified atom stereocenters. The quantitative estimate of drug-likeness (QED) is 0.481. The molecule has 0 saturated carbocycles. The number of halogens is 1. The van der Waals surface area contributed by atoms with Crippen molar-refractivity contribution < 1.29 is 19.0 Å². The van der Waals surface area contributed by atoms with E-state index in [1.807, 2.05) is 6.07 Å². The Morgan fingerprint density at radius 3 is 2.63 bits per heavy atom. The fourth-order valence-electron chi connectivity index (χ4n) is 3.16. The second-order valence-corrected chi connectivity index (χ2v) is 7.04. The van der Waals surface area contributed by atoms with Gasteiger partial charge in [0.2, 0.25) is 5.75 Å². The zero-order valence-corrected chi connectivity index (χ0v) is 18.4. The van der Waals surface area contributed by atoms with Gasteiger partial charge in [-0.15, -0.1) is 6.58 Å². The van der Waals surface area contributed by atoms with Crippen LogP contribution in [0.1, 0.15) is 16.1 Å². The summed E-state index contributed by atoms with van der Waals surface area (Å²) < 4.78 is 18.8. The van der Waals surface area contributed by atoms with Crippen molar-refractivity contribution in [2.45, 2.75) is 6.54 Å². The maximum atomic E-state index is 12.9. The molecule has 3 aromatic rings. The highest BCUT2D eigenvalue weighted by Crippen LogP contribution is 2.45.